The zero-order valence-corrected chi connectivity index (χ0v) is 22.1. The summed E-state index contributed by atoms with van der Waals surface area (Å²) in [5, 5.41) is 1.21. The zero-order valence-electron chi connectivity index (χ0n) is 20.6. The molecule has 9 heteroatoms. The lowest BCUT2D eigenvalue weighted by Gasteiger charge is -2.13. The highest BCUT2D eigenvalue weighted by molar-refractivity contribution is 8.18. The van der Waals surface area contributed by atoms with Crippen molar-refractivity contribution in [3.63, 3.8) is 0 Å². The molecular formula is C28H25ClN2O5S. The number of hydrogen-bond donors (Lipinski definition) is 0. The molecular weight excluding hydrogens is 512 g/mol. The Labute approximate surface area is 224 Å². The number of benzene rings is 3. The fourth-order valence-corrected chi connectivity index (χ4v) is 4.56. The highest BCUT2D eigenvalue weighted by Crippen LogP contribution is 2.35. The van der Waals surface area contributed by atoms with Crippen LogP contribution in [0.1, 0.15) is 28.4 Å². The van der Waals surface area contributed by atoms with Crippen molar-refractivity contribution in [1.29, 1.82) is 0 Å². The number of aliphatic imine (C=N–C) groups is 1. The summed E-state index contributed by atoms with van der Waals surface area (Å²) >= 11 is 7.23. The van der Waals surface area contributed by atoms with Crippen molar-refractivity contribution in [3.05, 3.63) is 93.3 Å². The van der Waals surface area contributed by atoms with Crippen LogP contribution in [0.3, 0.4) is 0 Å². The molecule has 1 heterocycles. The van der Waals surface area contributed by atoms with E-state index in [9.17, 15) is 9.59 Å². The summed E-state index contributed by atoms with van der Waals surface area (Å²) in [6.45, 7) is 2.75. The molecule has 1 aliphatic rings. The molecule has 0 aliphatic carbocycles. The van der Waals surface area contributed by atoms with Gasteiger partial charge in [-0.3, -0.25) is 9.69 Å². The SMILES string of the molecule is CCOc1cc(C=C2SC(=Nc3ccc(C(=O)OC)cc3)N(C)C2=O)ccc1OCc1ccc(Cl)cc1. The van der Waals surface area contributed by atoms with Gasteiger partial charge in [0.15, 0.2) is 16.7 Å². The van der Waals surface area contributed by atoms with Gasteiger partial charge < -0.3 is 14.2 Å². The van der Waals surface area contributed by atoms with Crippen LogP contribution >= 0.6 is 23.4 Å². The number of rotatable bonds is 8. The smallest absolute Gasteiger partial charge is 0.337 e. The predicted octanol–water partition coefficient (Wildman–Crippen LogP) is 6.34. The first-order valence-corrected chi connectivity index (χ1v) is 12.7. The van der Waals surface area contributed by atoms with Crippen LogP contribution in [0.4, 0.5) is 5.69 Å². The van der Waals surface area contributed by atoms with Crippen LogP contribution in [0.2, 0.25) is 5.02 Å². The third-order valence-corrected chi connectivity index (χ3v) is 6.70. The number of carbonyl (C=O) groups excluding carboxylic acids is 2. The van der Waals surface area contributed by atoms with E-state index in [4.69, 9.17) is 25.8 Å². The van der Waals surface area contributed by atoms with E-state index in [-0.39, 0.29) is 5.91 Å². The normalized spacial score (nSPS) is 15.4. The van der Waals surface area contributed by atoms with Crippen LogP contribution in [-0.4, -0.2) is 42.7 Å². The molecule has 4 rings (SSSR count). The standard InChI is InChI=1S/C28H25ClN2O5S/c1-4-35-24-15-19(7-14-23(24)36-17-18-5-10-21(29)11-6-18)16-25-26(32)31(2)28(37-25)30-22-12-8-20(9-13-22)27(33)34-3/h5-16H,4,17H2,1-3H3. The van der Waals surface area contributed by atoms with Crippen molar-refractivity contribution in [2.45, 2.75) is 13.5 Å². The van der Waals surface area contributed by atoms with Crippen LogP contribution in [0.5, 0.6) is 11.5 Å². The molecule has 0 bridgehead atoms. The number of amides is 1. The van der Waals surface area contributed by atoms with Gasteiger partial charge in [0.05, 0.1) is 29.9 Å². The summed E-state index contributed by atoms with van der Waals surface area (Å²) in [5.74, 6) is 0.629. The van der Waals surface area contributed by atoms with E-state index in [0.717, 1.165) is 11.1 Å². The van der Waals surface area contributed by atoms with E-state index < -0.39 is 5.97 Å². The first kappa shape index (κ1) is 26.3. The third-order valence-electron chi connectivity index (χ3n) is 5.39. The molecule has 0 N–H and O–H groups in total. The lowest BCUT2D eigenvalue weighted by Crippen LogP contribution is -2.23. The van der Waals surface area contributed by atoms with Gasteiger partial charge in [0.25, 0.3) is 5.91 Å². The molecule has 37 heavy (non-hydrogen) atoms. The Balaban J connectivity index is 1.51. The Morgan fingerprint density at radius 2 is 1.76 bits per heavy atom. The number of carbonyl (C=O) groups is 2. The summed E-state index contributed by atoms with van der Waals surface area (Å²) in [5.41, 5.74) is 2.84. The Kier molecular flexibility index (Phi) is 8.53. The summed E-state index contributed by atoms with van der Waals surface area (Å²) in [6, 6.07) is 19.7. The predicted molar refractivity (Wildman–Crippen MR) is 147 cm³/mol. The molecule has 0 atom stereocenters. The second kappa shape index (κ2) is 12.0. The van der Waals surface area contributed by atoms with Gasteiger partial charge in [-0.05, 0) is 84.4 Å². The van der Waals surface area contributed by atoms with Crippen LogP contribution in [0.25, 0.3) is 6.08 Å². The van der Waals surface area contributed by atoms with Crippen molar-refractivity contribution in [2.24, 2.45) is 4.99 Å². The van der Waals surface area contributed by atoms with Gasteiger partial charge in [0.1, 0.15) is 6.61 Å². The number of methoxy groups -OCH3 is 1. The van der Waals surface area contributed by atoms with Gasteiger partial charge in [0.2, 0.25) is 0 Å². The van der Waals surface area contributed by atoms with Crippen molar-refractivity contribution in [1.82, 2.24) is 4.90 Å². The van der Waals surface area contributed by atoms with Crippen molar-refractivity contribution in [3.8, 4) is 11.5 Å². The Bertz CT molecular complexity index is 1350. The molecule has 190 valence electrons. The van der Waals surface area contributed by atoms with Gasteiger partial charge in [-0.25, -0.2) is 9.79 Å². The largest absolute Gasteiger partial charge is 0.490 e. The van der Waals surface area contributed by atoms with Crippen LogP contribution in [0.15, 0.2) is 76.6 Å². The molecule has 3 aromatic rings. The van der Waals surface area contributed by atoms with E-state index in [2.05, 4.69) is 4.99 Å². The number of thioether (sulfide) groups is 1. The maximum Gasteiger partial charge on any atom is 0.337 e. The van der Waals surface area contributed by atoms with E-state index in [1.165, 1.54) is 23.8 Å². The average molecular weight is 537 g/mol. The number of esters is 1. The average Bonchev–Trinajstić information content (AvgIpc) is 3.17. The minimum atomic E-state index is -0.417. The number of amidine groups is 1. The van der Waals surface area contributed by atoms with E-state index in [0.29, 0.717) is 51.1 Å². The maximum atomic E-state index is 12.9. The van der Waals surface area contributed by atoms with Gasteiger partial charge in [0, 0.05) is 12.1 Å². The van der Waals surface area contributed by atoms with Crippen molar-refractivity contribution in [2.75, 3.05) is 20.8 Å². The second-order valence-electron chi connectivity index (χ2n) is 7.96. The molecule has 1 saturated heterocycles. The molecule has 1 aliphatic heterocycles. The molecule has 1 fully saturated rings. The molecule has 7 nitrogen and oxygen atoms in total. The van der Waals surface area contributed by atoms with Crippen LogP contribution in [0, 0.1) is 0 Å². The van der Waals surface area contributed by atoms with E-state index in [1.54, 1.807) is 37.4 Å². The number of nitrogens with zero attached hydrogens (tertiary/aromatic N) is 2. The first-order chi connectivity index (χ1) is 17.9. The Morgan fingerprint density at radius 1 is 1.03 bits per heavy atom. The summed E-state index contributed by atoms with van der Waals surface area (Å²) in [4.78, 5) is 31.1. The number of ether oxygens (including phenoxy) is 3. The fourth-order valence-electron chi connectivity index (χ4n) is 3.45. The lowest BCUT2D eigenvalue weighted by atomic mass is 10.1. The number of hydrogen-bond acceptors (Lipinski definition) is 7. The van der Waals surface area contributed by atoms with Crippen LogP contribution in [-0.2, 0) is 16.1 Å². The second-order valence-corrected chi connectivity index (χ2v) is 9.41. The minimum Gasteiger partial charge on any atom is -0.490 e. The molecule has 3 aromatic carbocycles. The highest BCUT2D eigenvalue weighted by Gasteiger charge is 2.30. The molecule has 0 unspecified atom stereocenters. The summed E-state index contributed by atoms with van der Waals surface area (Å²) < 4.78 is 16.5. The summed E-state index contributed by atoms with van der Waals surface area (Å²) in [6.07, 6.45) is 1.80. The molecule has 1 amide bonds. The third kappa shape index (κ3) is 6.53. The quantitative estimate of drug-likeness (QED) is 0.247. The lowest BCUT2D eigenvalue weighted by molar-refractivity contribution is -0.121. The molecule has 0 spiro atoms. The summed E-state index contributed by atoms with van der Waals surface area (Å²) in [7, 11) is 3.01. The van der Waals surface area contributed by atoms with Gasteiger partial charge in [-0.1, -0.05) is 29.8 Å². The zero-order chi connectivity index (χ0) is 26.4. The van der Waals surface area contributed by atoms with Gasteiger partial charge >= 0.3 is 5.97 Å². The van der Waals surface area contributed by atoms with Gasteiger partial charge in [-0.2, -0.15) is 0 Å². The highest BCUT2D eigenvalue weighted by atomic mass is 35.5. The molecule has 0 radical (unpaired) electrons. The maximum absolute atomic E-state index is 12.9. The topological polar surface area (TPSA) is 77.4 Å². The van der Waals surface area contributed by atoms with Crippen molar-refractivity contribution < 1.29 is 23.8 Å². The fraction of sp³-hybridized carbons (Fsp3) is 0.179. The van der Waals surface area contributed by atoms with E-state index in [1.807, 2.05) is 49.4 Å². The molecule has 0 aromatic heterocycles. The molecule has 0 saturated carbocycles. The van der Waals surface area contributed by atoms with Crippen LogP contribution < -0.4 is 9.47 Å². The first-order valence-electron chi connectivity index (χ1n) is 11.5. The minimum absolute atomic E-state index is 0.157. The Morgan fingerprint density at radius 3 is 2.43 bits per heavy atom. The van der Waals surface area contributed by atoms with Crippen molar-refractivity contribution >= 4 is 52.2 Å². The van der Waals surface area contributed by atoms with Gasteiger partial charge in [-0.15, -0.1) is 0 Å². The number of halogens is 1. The number of likely N-dealkylation sites (N-methyl/N-ethyl adjacent to an activating group) is 1. The van der Waals surface area contributed by atoms with E-state index >= 15 is 0 Å². The Hall–Kier alpha value is -3.75. The monoisotopic (exact) mass is 536 g/mol.